The van der Waals surface area contributed by atoms with E-state index in [0.717, 1.165) is 43.4 Å². The van der Waals surface area contributed by atoms with E-state index >= 15 is 0 Å². The molecule has 0 aliphatic carbocycles. The zero-order chi connectivity index (χ0) is 37.6. The van der Waals surface area contributed by atoms with E-state index in [2.05, 4.69) is 0 Å². The first-order valence-electron chi connectivity index (χ1n) is 19.2. The molecule has 0 fully saturated rings. The molecule has 8 aromatic carbocycles. The first kappa shape index (κ1) is 18.0. The number of hydrogen-bond acceptors (Lipinski definition) is 1. The maximum absolute atomic E-state index is 9.45. The van der Waals surface area contributed by atoms with Crippen molar-refractivity contribution in [2.24, 2.45) is 0 Å². The third-order valence-corrected chi connectivity index (χ3v) is 8.42. The maximum Gasteiger partial charge on any atom is 0.136 e. The molecule has 1 heteroatoms. The molecule has 0 saturated carbocycles. The predicted octanol–water partition coefficient (Wildman–Crippen LogP) is 12.6. The first-order chi connectivity index (χ1) is 26.1. The fourth-order valence-electron chi connectivity index (χ4n) is 6.41. The van der Waals surface area contributed by atoms with Gasteiger partial charge in [0.2, 0.25) is 0 Å². The minimum absolute atomic E-state index is 0.0296. The summed E-state index contributed by atoms with van der Waals surface area (Å²) in [6.45, 7) is 0. The van der Waals surface area contributed by atoms with Gasteiger partial charge in [-0.15, -0.1) is 0 Å². The van der Waals surface area contributed by atoms with Crippen LogP contribution in [0.1, 0.15) is 12.3 Å². The van der Waals surface area contributed by atoms with Gasteiger partial charge in [-0.25, -0.2) is 0 Å². The molecule has 210 valence electrons. The van der Waals surface area contributed by atoms with Crippen LogP contribution in [0.2, 0.25) is 0 Å². The summed E-state index contributed by atoms with van der Waals surface area (Å²) >= 11 is 0. The maximum atomic E-state index is 9.45. The minimum Gasteiger partial charge on any atom is -0.456 e. The largest absolute Gasteiger partial charge is 0.456 e. The average molecular weight is 582 g/mol. The zero-order valence-electron chi connectivity index (χ0n) is 32.9. The van der Waals surface area contributed by atoms with Gasteiger partial charge in [-0.05, 0) is 96.4 Å². The minimum atomic E-state index is -0.437. The van der Waals surface area contributed by atoms with Crippen molar-refractivity contribution in [1.82, 2.24) is 0 Å². The Hall–Kier alpha value is -5.92. The molecule has 0 amide bonds. The van der Waals surface area contributed by atoms with Gasteiger partial charge >= 0.3 is 0 Å². The highest BCUT2D eigenvalue weighted by Crippen LogP contribution is 2.45. The van der Waals surface area contributed by atoms with Crippen LogP contribution in [0.3, 0.4) is 0 Å². The Kier molecular flexibility index (Phi) is 4.15. The molecule has 0 N–H and O–H groups in total. The third-order valence-electron chi connectivity index (χ3n) is 8.42. The lowest BCUT2D eigenvalue weighted by Crippen LogP contribution is -1.91. The Labute approximate surface area is 274 Å². The van der Waals surface area contributed by atoms with E-state index in [1.54, 1.807) is 18.2 Å². The van der Waals surface area contributed by atoms with Gasteiger partial charge < -0.3 is 4.42 Å². The lowest BCUT2D eigenvalue weighted by molar-refractivity contribution is 0.669. The molecule has 9 rings (SSSR count). The topological polar surface area (TPSA) is 13.1 Å². The van der Waals surface area contributed by atoms with Crippen molar-refractivity contribution >= 4 is 43.5 Å². The fourth-order valence-corrected chi connectivity index (χ4v) is 6.41. The molecule has 45 heavy (non-hydrogen) atoms. The van der Waals surface area contributed by atoms with Crippen molar-refractivity contribution in [3.8, 4) is 44.5 Å². The van der Waals surface area contributed by atoms with Gasteiger partial charge in [0.25, 0.3) is 0 Å². The SMILES string of the molecule is [2H]c1c([2H])c([2H])c(-c2ccc3oc4cc(-c5c6ccccc6c(-c6c([2H])c([2H])c([2H])c(-c7ccccc7)c6[2H])c6ccccc56)ccc4c3c2)c([2H])c1[2H]. The van der Waals surface area contributed by atoms with E-state index in [-0.39, 0.29) is 53.9 Å². The van der Waals surface area contributed by atoms with Crippen LogP contribution in [-0.2, 0) is 0 Å². The fraction of sp³-hybridized carbons (Fsp3) is 0. The van der Waals surface area contributed by atoms with E-state index in [9.17, 15) is 1.37 Å². The van der Waals surface area contributed by atoms with Gasteiger partial charge in [0.1, 0.15) is 11.2 Å². The summed E-state index contributed by atoms with van der Waals surface area (Å²) in [6.07, 6.45) is 0. The van der Waals surface area contributed by atoms with E-state index in [1.165, 1.54) is 0 Å². The Morgan fingerprint density at radius 2 is 0.956 bits per heavy atom. The van der Waals surface area contributed by atoms with Crippen LogP contribution in [0.4, 0.5) is 0 Å². The molecule has 0 radical (unpaired) electrons. The quantitative estimate of drug-likeness (QED) is 0.188. The molecule has 9 aromatic rings. The normalized spacial score (nSPS) is 14.4. The number of fused-ring (bicyclic) bond motifs is 5. The highest BCUT2D eigenvalue weighted by atomic mass is 16.3. The van der Waals surface area contributed by atoms with Gasteiger partial charge in [0.15, 0.2) is 0 Å². The lowest BCUT2D eigenvalue weighted by atomic mass is 9.85. The zero-order valence-corrected chi connectivity index (χ0v) is 23.9. The lowest BCUT2D eigenvalue weighted by Gasteiger charge is -2.18. The molecule has 0 bridgehead atoms. The molecular formula is C44H28O. The second-order valence-corrected chi connectivity index (χ2v) is 11.0. The monoisotopic (exact) mass is 581 g/mol. The summed E-state index contributed by atoms with van der Waals surface area (Å²) in [5.74, 6) is 0. The molecule has 0 aliphatic rings. The van der Waals surface area contributed by atoms with Crippen LogP contribution in [0.5, 0.6) is 0 Å². The summed E-state index contributed by atoms with van der Waals surface area (Å²) in [7, 11) is 0. The Bertz CT molecular complexity index is 2960. The first-order valence-corrected chi connectivity index (χ1v) is 14.7. The molecule has 0 aliphatic heterocycles. The Morgan fingerprint density at radius 1 is 0.356 bits per heavy atom. The molecule has 0 atom stereocenters. The summed E-state index contributed by atoms with van der Waals surface area (Å²) in [6, 6.07) is 33.9. The molecule has 0 saturated heterocycles. The number of benzene rings is 8. The Morgan fingerprint density at radius 3 is 1.67 bits per heavy atom. The molecule has 0 spiro atoms. The molecule has 1 heterocycles. The number of hydrogen-bond donors (Lipinski definition) is 0. The second-order valence-electron chi connectivity index (χ2n) is 11.0. The van der Waals surface area contributed by atoms with Crippen molar-refractivity contribution in [2.45, 2.75) is 0 Å². The average Bonchev–Trinajstić information content (AvgIpc) is 3.56. The van der Waals surface area contributed by atoms with E-state index in [1.807, 2.05) is 97.1 Å². The van der Waals surface area contributed by atoms with Crippen LogP contribution in [0.25, 0.3) is 88.0 Å². The van der Waals surface area contributed by atoms with Gasteiger partial charge in [0, 0.05) is 10.8 Å². The smallest absolute Gasteiger partial charge is 0.136 e. The third kappa shape index (κ3) is 4.24. The van der Waals surface area contributed by atoms with Crippen molar-refractivity contribution in [1.29, 1.82) is 0 Å². The second kappa shape index (κ2) is 10.4. The van der Waals surface area contributed by atoms with E-state index in [0.29, 0.717) is 39.0 Å². The van der Waals surface area contributed by atoms with Gasteiger partial charge in [-0.2, -0.15) is 0 Å². The molecular weight excluding hydrogens is 544 g/mol. The van der Waals surface area contributed by atoms with Crippen molar-refractivity contribution < 1.29 is 16.8 Å². The summed E-state index contributed by atoms with van der Waals surface area (Å²) < 4.78 is 83.8. The summed E-state index contributed by atoms with van der Waals surface area (Å²) in [5.41, 5.74) is 5.54. The van der Waals surface area contributed by atoms with Crippen LogP contribution in [0, 0.1) is 0 Å². The van der Waals surface area contributed by atoms with Gasteiger partial charge in [-0.3, -0.25) is 0 Å². The van der Waals surface area contributed by atoms with Crippen LogP contribution in [-0.4, -0.2) is 0 Å². The van der Waals surface area contributed by atoms with Crippen LogP contribution >= 0.6 is 0 Å². The number of furan rings is 1. The van der Waals surface area contributed by atoms with E-state index < -0.39 is 6.04 Å². The summed E-state index contributed by atoms with van der Waals surface area (Å²) in [4.78, 5) is 0. The standard InChI is InChI=1S/C44H28O/c1-3-12-29(13-4-1)31-16-11-17-33(26-31)43-36-18-7-9-20-38(36)44(39-21-10-8-19-37(39)43)34-22-24-35-40-27-32(30-14-5-2-6-15-30)23-25-41(40)45-42(35)28-34/h1-28H/i2D,5D,6D,11D,14D,15D,16D,17D,26D. The Balaban J connectivity index is 1.28. The number of rotatable bonds is 4. The predicted molar refractivity (Wildman–Crippen MR) is 190 cm³/mol. The van der Waals surface area contributed by atoms with Gasteiger partial charge in [-0.1, -0.05) is 139 Å². The van der Waals surface area contributed by atoms with Crippen molar-refractivity contribution in [3.63, 3.8) is 0 Å². The van der Waals surface area contributed by atoms with E-state index in [4.69, 9.17) is 15.4 Å². The van der Waals surface area contributed by atoms with Crippen LogP contribution in [0.15, 0.2) is 174 Å². The van der Waals surface area contributed by atoms with Crippen molar-refractivity contribution in [2.75, 3.05) is 0 Å². The van der Waals surface area contributed by atoms with Crippen molar-refractivity contribution in [3.05, 3.63) is 170 Å². The molecule has 1 aromatic heterocycles. The highest BCUT2D eigenvalue weighted by Gasteiger charge is 2.18. The van der Waals surface area contributed by atoms with Gasteiger partial charge in [0.05, 0.1) is 12.3 Å². The molecule has 1 nitrogen and oxygen atoms in total. The summed E-state index contributed by atoms with van der Waals surface area (Å²) in [5, 5.41) is 4.92. The highest BCUT2D eigenvalue weighted by molar-refractivity contribution is 6.22. The van der Waals surface area contributed by atoms with Crippen LogP contribution < -0.4 is 0 Å². The molecule has 0 unspecified atom stereocenters.